The van der Waals surface area contributed by atoms with Gasteiger partial charge in [0.05, 0.1) is 0 Å². The van der Waals surface area contributed by atoms with Crippen molar-refractivity contribution in [2.24, 2.45) is 0 Å². The zero-order chi connectivity index (χ0) is 17.9. The van der Waals surface area contributed by atoms with Crippen molar-refractivity contribution in [3.8, 4) is 0 Å². The molecular weight excluding hydrogens is 320 g/mol. The average Bonchev–Trinajstić information content (AvgIpc) is 2.71. The van der Waals surface area contributed by atoms with Crippen LogP contribution < -0.4 is 10.6 Å². The van der Waals surface area contributed by atoms with Crippen molar-refractivity contribution < 1.29 is 0 Å². The van der Waals surface area contributed by atoms with Crippen molar-refractivity contribution in [3.63, 3.8) is 0 Å². The number of hydrogen-bond acceptors (Lipinski definition) is 4. The van der Waals surface area contributed by atoms with Crippen LogP contribution in [0.25, 0.3) is 0 Å². The van der Waals surface area contributed by atoms with Gasteiger partial charge in [0.15, 0.2) is 0 Å². The molecule has 2 fully saturated rings. The van der Waals surface area contributed by atoms with E-state index in [0.717, 1.165) is 26.2 Å². The minimum absolute atomic E-state index is 0.982. The number of likely N-dealkylation sites (tertiary alicyclic amines) is 2. The molecule has 0 amide bonds. The Morgan fingerprint density at radius 3 is 1.58 bits per heavy atom. The summed E-state index contributed by atoms with van der Waals surface area (Å²) < 4.78 is 0. The average molecular weight is 359 g/mol. The lowest BCUT2D eigenvalue weighted by Crippen LogP contribution is -2.35. The van der Waals surface area contributed by atoms with Gasteiger partial charge in [0.2, 0.25) is 0 Å². The highest BCUT2D eigenvalue weighted by Crippen LogP contribution is 2.09. The van der Waals surface area contributed by atoms with Crippen LogP contribution in [0.5, 0.6) is 0 Å². The Bertz CT molecular complexity index is 451. The molecule has 0 aliphatic carbocycles. The molecule has 0 bridgehead atoms. The van der Waals surface area contributed by atoms with E-state index in [4.69, 9.17) is 0 Å². The summed E-state index contributed by atoms with van der Waals surface area (Å²) >= 11 is 0. The van der Waals surface area contributed by atoms with Gasteiger partial charge in [0, 0.05) is 39.3 Å². The van der Waals surface area contributed by atoms with E-state index in [1.807, 2.05) is 0 Å². The maximum atomic E-state index is 3.62. The maximum Gasteiger partial charge on any atom is 0.0206 e. The third-order valence-electron chi connectivity index (χ3n) is 5.76. The van der Waals surface area contributed by atoms with Crippen LogP contribution in [0.15, 0.2) is 24.3 Å². The SMILES string of the molecule is c1cc(CNCCN2CCCCC2)cc(CNCCN2CCCCC2)c1. The predicted molar refractivity (Wildman–Crippen MR) is 110 cm³/mol. The van der Waals surface area contributed by atoms with Crippen LogP contribution in [0.1, 0.15) is 49.7 Å². The summed E-state index contributed by atoms with van der Waals surface area (Å²) in [4.78, 5) is 5.19. The van der Waals surface area contributed by atoms with E-state index < -0.39 is 0 Å². The molecule has 2 heterocycles. The molecule has 4 heteroatoms. The molecule has 2 N–H and O–H groups in total. The lowest BCUT2D eigenvalue weighted by atomic mass is 10.1. The van der Waals surface area contributed by atoms with Crippen molar-refractivity contribution in [3.05, 3.63) is 35.4 Å². The van der Waals surface area contributed by atoms with Gasteiger partial charge in [-0.2, -0.15) is 0 Å². The molecule has 0 atom stereocenters. The van der Waals surface area contributed by atoms with Crippen LogP contribution >= 0.6 is 0 Å². The molecule has 0 saturated carbocycles. The fraction of sp³-hybridized carbons (Fsp3) is 0.727. The minimum Gasteiger partial charge on any atom is -0.311 e. The first kappa shape index (κ1) is 19.8. The lowest BCUT2D eigenvalue weighted by molar-refractivity contribution is 0.229. The summed E-state index contributed by atoms with van der Waals surface area (Å²) in [6.07, 6.45) is 8.37. The predicted octanol–water partition coefficient (Wildman–Crippen LogP) is 2.84. The van der Waals surface area contributed by atoms with Crippen molar-refractivity contribution in [1.82, 2.24) is 20.4 Å². The summed E-state index contributed by atoms with van der Waals surface area (Å²) in [6, 6.07) is 9.03. The van der Waals surface area contributed by atoms with Gasteiger partial charge in [-0.15, -0.1) is 0 Å². The molecule has 2 aliphatic heterocycles. The monoisotopic (exact) mass is 358 g/mol. The molecule has 146 valence electrons. The first-order valence-corrected chi connectivity index (χ1v) is 10.8. The van der Waals surface area contributed by atoms with Crippen LogP contribution in [-0.2, 0) is 13.1 Å². The fourth-order valence-corrected chi connectivity index (χ4v) is 4.16. The standard InChI is InChI=1S/C22H38N4/c1-3-12-25(13-4-1)16-10-23-19-21-8-7-9-22(18-21)20-24-11-17-26-14-5-2-6-15-26/h7-9,18,23-24H,1-6,10-17,19-20H2. The Morgan fingerprint density at radius 1 is 0.654 bits per heavy atom. The van der Waals surface area contributed by atoms with Crippen molar-refractivity contribution >= 4 is 0 Å². The normalized spacial score (nSPS) is 19.7. The third-order valence-corrected chi connectivity index (χ3v) is 5.76. The van der Waals surface area contributed by atoms with Gasteiger partial charge < -0.3 is 20.4 Å². The van der Waals surface area contributed by atoms with Crippen LogP contribution in [0.4, 0.5) is 0 Å². The Kier molecular flexibility index (Phi) is 8.92. The molecule has 1 aromatic rings. The van der Waals surface area contributed by atoms with Gasteiger partial charge in [0.25, 0.3) is 0 Å². The zero-order valence-electron chi connectivity index (χ0n) is 16.5. The molecule has 4 nitrogen and oxygen atoms in total. The molecular formula is C22H38N4. The minimum atomic E-state index is 0.982. The molecule has 1 aromatic carbocycles. The van der Waals surface area contributed by atoms with Gasteiger partial charge >= 0.3 is 0 Å². The summed E-state index contributed by atoms with van der Waals surface area (Å²) in [5.74, 6) is 0. The van der Waals surface area contributed by atoms with Gasteiger partial charge in [-0.05, 0) is 63.0 Å². The molecule has 2 aliphatic rings. The summed E-state index contributed by atoms with van der Waals surface area (Å²) in [7, 11) is 0. The van der Waals surface area contributed by atoms with Crippen molar-refractivity contribution in [2.75, 3.05) is 52.4 Å². The second-order valence-corrected chi connectivity index (χ2v) is 7.98. The number of piperidine rings is 2. The van der Waals surface area contributed by atoms with Crippen LogP contribution in [0, 0.1) is 0 Å². The van der Waals surface area contributed by atoms with Gasteiger partial charge in [-0.25, -0.2) is 0 Å². The highest BCUT2D eigenvalue weighted by molar-refractivity contribution is 5.23. The summed E-state index contributed by atoms with van der Waals surface area (Å²) in [6.45, 7) is 11.7. The van der Waals surface area contributed by atoms with Gasteiger partial charge in [-0.3, -0.25) is 0 Å². The number of benzene rings is 1. The second-order valence-electron chi connectivity index (χ2n) is 7.98. The van der Waals surface area contributed by atoms with Crippen molar-refractivity contribution in [1.29, 1.82) is 0 Å². The molecule has 3 rings (SSSR count). The lowest BCUT2D eigenvalue weighted by Gasteiger charge is -2.26. The van der Waals surface area contributed by atoms with Crippen molar-refractivity contribution in [2.45, 2.75) is 51.6 Å². The summed E-state index contributed by atoms with van der Waals surface area (Å²) in [5, 5.41) is 7.24. The smallest absolute Gasteiger partial charge is 0.0206 e. The van der Waals surface area contributed by atoms with E-state index in [1.165, 1.54) is 88.9 Å². The van der Waals surface area contributed by atoms with Gasteiger partial charge in [0.1, 0.15) is 0 Å². The molecule has 0 unspecified atom stereocenters. The Balaban J connectivity index is 1.28. The Hall–Kier alpha value is -0.940. The summed E-state index contributed by atoms with van der Waals surface area (Å²) in [5.41, 5.74) is 2.80. The number of hydrogen-bond donors (Lipinski definition) is 2. The fourth-order valence-electron chi connectivity index (χ4n) is 4.16. The Labute approximate surface area is 160 Å². The molecule has 0 spiro atoms. The van der Waals surface area contributed by atoms with Crippen LogP contribution in [-0.4, -0.2) is 62.2 Å². The molecule has 0 radical (unpaired) electrons. The number of nitrogens with zero attached hydrogens (tertiary/aromatic N) is 2. The first-order chi connectivity index (χ1) is 12.9. The highest BCUT2D eigenvalue weighted by atomic mass is 15.1. The van der Waals surface area contributed by atoms with E-state index in [9.17, 15) is 0 Å². The van der Waals surface area contributed by atoms with E-state index in [2.05, 4.69) is 44.7 Å². The third kappa shape index (κ3) is 7.36. The van der Waals surface area contributed by atoms with Crippen LogP contribution in [0.3, 0.4) is 0 Å². The van der Waals surface area contributed by atoms with Gasteiger partial charge in [-0.1, -0.05) is 37.1 Å². The number of nitrogens with one attached hydrogen (secondary N) is 2. The van der Waals surface area contributed by atoms with E-state index >= 15 is 0 Å². The van der Waals surface area contributed by atoms with E-state index in [1.54, 1.807) is 0 Å². The first-order valence-electron chi connectivity index (χ1n) is 10.8. The van der Waals surface area contributed by atoms with Crippen LogP contribution in [0.2, 0.25) is 0 Å². The molecule has 26 heavy (non-hydrogen) atoms. The highest BCUT2D eigenvalue weighted by Gasteiger charge is 2.09. The second kappa shape index (κ2) is 11.7. The zero-order valence-corrected chi connectivity index (χ0v) is 16.5. The molecule has 0 aromatic heterocycles. The van der Waals surface area contributed by atoms with E-state index in [0.29, 0.717) is 0 Å². The maximum absolute atomic E-state index is 3.62. The quantitative estimate of drug-likeness (QED) is 0.630. The largest absolute Gasteiger partial charge is 0.311 e. The van der Waals surface area contributed by atoms with E-state index in [-0.39, 0.29) is 0 Å². The number of rotatable bonds is 10. The Morgan fingerprint density at radius 2 is 1.12 bits per heavy atom. The molecule has 2 saturated heterocycles. The topological polar surface area (TPSA) is 30.5 Å².